The van der Waals surface area contributed by atoms with E-state index >= 15 is 0 Å². The molecule has 3 rings (SSSR count). The summed E-state index contributed by atoms with van der Waals surface area (Å²) in [6, 6.07) is 10.9. The summed E-state index contributed by atoms with van der Waals surface area (Å²) >= 11 is 0. The summed E-state index contributed by atoms with van der Waals surface area (Å²) in [5.41, 5.74) is 2.64. The minimum atomic E-state index is -3.81. The molecule has 1 aliphatic heterocycles. The van der Waals surface area contributed by atoms with Gasteiger partial charge in [-0.3, -0.25) is 4.79 Å². The highest BCUT2D eigenvalue weighted by Gasteiger charge is 2.20. The molecule has 0 saturated carbocycles. The summed E-state index contributed by atoms with van der Waals surface area (Å²) < 4.78 is 22.6. The van der Waals surface area contributed by atoms with Crippen molar-refractivity contribution >= 4 is 15.9 Å². The molecule has 0 aliphatic carbocycles. The summed E-state index contributed by atoms with van der Waals surface area (Å²) in [4.78, 5) is 18.4. The molecule has 24 heavy (non-hydrogen) atoms. The lowest BCUT2D eigenvalue weighted by atomic mass is 9.99. The molecule has 1 aromatic heterocycles. The highest BCUT2D eigenvalue weighted by atomic mass is 32.2. The van der Waals surface area contributed by atoms with Gasteiger partial charge in [-0.05, 0) is 42.5 Å². The zero-order chi connectivity index (χ0) is 17.2. The first-order chi connectivity index (χ1) is 11.4. The van der Waals surface area contributed by atoms with Crippen LogP contribution in [0.5, 0.6) is 0 Å². The number of carbonyl (C=O) groups is 1. The minimum Gasteiger partial charge on any atom is -0.333 e. The van der Waals surface area contributed by atoms with E-state index in [-0.39, 0.29) is 16.5 Å². The minimum absolute atomic E-state index is 0.0999. The van der Waals surface area contributed by atoms with Crippen molar-refractivity contribution in [2.24, 2.45) is 5.14 Å². The lowest BCUT2D eigenvalue weighted by Gasteiger charge is -2.26. The van der Waals surface area contributed by atoms with Crippen molar-refractivity contribution in [1.82, 2.24) is 9.88 Å². The molecule has 0 atom stereocenters. The number of hydrogen-bond donors (Lipinski definition) is 1. The monoisotopic (exact) mass is 345 g/mol. The smallest absolute Gasteiger partial charge is 0.272 e. The maximum Gasteiger partial charge on any atom is 0.272 e. The van der Waals surface area contributed by atoms with Crippen LogP contribution in [0.4, 0.5) is 0 Å². The molecule has 2 heterocycles. The third-order valence-electron chi connectivity index (χ3n) is 4.17. The Morgan fingerprint density at radius 3 is 2.50 bits per heavy atom. The summed E-state index contributed by atoms with van der Waals surface area (Å²) in [6.45, 7) is 1.19. The van der Waals surface area contributed by atoms with Crippen LogP contribution >= 0.6 is 0 Å². The third kappa shape index (κ3) is 3.63. The lowest BCUT2D eigenvalue weighted by molar-refractivity contribution is 0.0731. The number of hydrogen-bond acceptors (Lipinski definition) is 4. The topological polar surface area (TPSA) is 93.4 Å². The maximum absolute atomic E-state index is 12.7. The molecule has 6 nitrogen and oxygen atoms in total. The predicted octanol–water partition coefficient (Wildman–Crippen LogP) is 1.71. The Morgan fingerprint density at radius 1 is 1.08 bits per heavy atom. The van der Waals surface area contributed by atoms with E-state index in [0.29, 0.717) is 13.1 Å². The quantitative estimate of drug-likeness (QED) is 0.896. The van der Waals surface area contributed by atoms with E-state index in [2.05, 4.69) is 11.1 Å². The van der Waals surface area contributed by atoms with Gasteiger partial charge in [0.2, 0.25) is 10.0 Å². The number of pyridine rings is 1. The first-order valence-electron chi connectivity index (χ1n) is 7.80. The SMILES string of the molecule is NS(=O)(=O)c1ccc(C(=O)N2CCCCc3ccccc3C2)nc1. The first kappa shape index (κ1) is 16.6. The van der Waals surface area contributed by atoms with E-state index in [1.54, 1.807) is 4.90 Å². The number of aromatic nitrogens is 1. The summed E-state index contributed by atoms with van der Waals surface area (Å²) in [7, 11) is -3.81. The fourth-order valence-corrected chi connectivity index (χ4v) is 3.33. The molecular formula is C17H19N3O3S. The van der Waals surface area contributed by atoms with Crippen LogP contribution < -0.4 is 5.14 Å². The highest BCUT2D eigenvalue weighted by molar-refractivity contribution is 7.89. The summed E-state index contributed by atoms with van der Waals surface area (Å²) in [6.07, 6.45) is 4.11. The largest absolute Gasteiger partial charge is 0.333 e. The number of carbonyl (C=O) groups excluding carboxylic acids is 1. The van der Waals surface area contributed by atoms with Crippen molar-refractivity contribution in [3.63, 3.8) is 0 Å². The lowest BCUT2D eigenvalue weighted by Crippen LogP contribution is -2.33. The van der Waals surface area contributed by atoms with Gasteiger partial charge in [0, 0.05) is 19.3 Å². The van der Waals surface area contributed by atoms with Crippen molar-refractivity contribution in [1.29, 1.82) is 0 Å². The molecule has 1 amide bonds. The fraction of sp³-hybridized carbons (Fsp3) is 0.294. The van der Waals surface area contributed by atoms with Gasteiger partial charge in [0.15, 0.2) is 0 Å². The van der Waals surface area contributed by atoms with Gasteiger partial charge >= 0.3 is 0 Å². The maximum atomic E-state index is 12.7. The van der Waals surface area contributed by atoms with E-state index in [1.165, 1.54) is 17.7 Å². The molecule has 2 N–H and O–H groups in total. The Hall–Kier alpha value is -2.25. The number of rotatable bonds is 2. The van der Waals surface area contributed by atoms with Crippen LogP contribution in [0.3, 0.4) is 0 Å². The third-order valence-corrected chi connectivity index (χ3v) is 5.07. The van der Waals surface area contributed by atoms with Crippen LogP contribution in [0.1, 0.15) is 34.5 Å². The molecule has 1 aliphatic rings. The van der Waals surface area contributed by atoms with Crippen molar-refractivity contribution in [3.05, 3.63) is 59.4 Å². The van der Waals surface area contributed by atoms with Gasteiger partial charge in [0.25, 0.3) is 5.91 Å². The molecule has 0 bridgehead atoms. The number of benzene rings is 1. The number of nitrogens with two attached hydrogens (primary N) is 1. The van der Waals surface area contributed by atoms with E-state index in [0.717, 1.165) is 31.0 Å². The second kappa shape index (κ2) is 6.70. The summed E-state index contributed by atoms with van der Waals surface area (Å²) in [5, 5.41) is 5.05. The number of nitrogens with zero attached hydrogens (tertiary/aromatic N) is 2. The predicted molar refractivity (Wildman–Crippen MR) is 89.7 cm³/mol. The number of fused-ring (bicyclic) bond motifs is 1. The molecule has 126 valence electrons. The average Bonchev–Trinajstić information content (AvgIpc) is 2.54. The Bertz CT molecular complexity index is 848. The Labute approximate surface area is 141 Å². The summed E-state index contributed by atoms with van der Waals surface area (Å²) in [5.74, 6) is -0.201. The van der Waals surface area contributed by atoms with Crippen molar-refractivity contribution in [2.75, 3.05) is 6.54 Å². The van der Waals surface area contributed by atoms with Crippen LogP contribution in [-0.4, -0.2) is 30.8 Å². The zero-order valence-electron chi connectivity index (χ0n) is 13.2. The Balaban J connectivity index is 1.84. The molecule has 0 saturated heterocycles. The molecule has 1 aromatic carbocycles. The van der Waals surface area contributed by atoms with Gasteiger partial charge in [0.1, 0.15) is 10.6 Å². The first-order valence-corrected chi connectivity index (χ1v) is 9.35. The van der Waals surface area contributed by atoms with Gasteiger partial charge in [0.05, 0.1) is 0 Å². The normalized spacial score (nSPS) is 15.3. The van der Waals surface area contributed by atoms with Crippen LogP contribution in [0.25, 0.3) is 0 Å². The number of amides is 1. The van der Waals surface area contributed by atoms with E-state index < -0.39 is 10.0 Å². The molecule has 0 fully saturated rings. The van der Waals surface area contributed by atoms with Gasteiger partial charge in [-0.25, -0.2) is 18.5 Å². The second-order valence-corrected chi connectivity index (χ2v) is 7.44. The Morgan fingerprint density at radius 2 is 1.83 bits per heavy atom. The Kier molecular flexibility index (Phi) is 4.64. The average molecular weight is 345 g/mol. The van der Waals surface area contributed by atoms with Crippen molar-refractivity contribution < 1.29 is 13.2 Å². The molecule has 0 spiro atoms. The molecular weight excluding hydrogens is 326 g/mol. The molecule has 2 aromatic rings. The number of sulfonamides is 1. The second-order valence-electron chi connectivity index (χ2n) is 5.88. The molecule has 0 radical (unpaired) electrons. The standard InChI is InChI=1S/C17H19N3O3S/c18-24(22,23)15-8-9-16(19-11-15)17(21)20-10-4-3-6-13-5-1-2-7-14(13)12-20/h1-2,5,7-9,11H,3-4,6,10,12H2,(H2,18,22,23). The zero-order valence-corrected chi connectivity index (χ0v) is 14.0. The van der Waals surface area contributed by atoms with Crippen LogP contribution in [0.2, 0.25) is 0 Å². The van der Waals surface area contributed by atoms with Gasteiger partial charge in [-0.1, -0.05) is 24.3 Å². The van der Waals surface area contributed by atoms with Gasteiger partial charge in [-0.15, -0.1) is 0 Å². The van der Waals surface area contributed by atoms with Crippen molar-refractivity contribution in [2.45, 2.75) is 30.7 Å². The van der Waals surface area contributed by atoms with Crippen molar-refractivity contribution in [3.8, 4) is 0 Å². The molecule has 7 heteroatoms. The fourth-order valence-electron chi connectivity index (χ4n) is 2.87. The molecule has 0 unspecified atom stereocenters. The van der Waals surface area contributed by atoms with Gasteiger partial charge < -0.3 is 4.90 Å². The number of primary sulfonamides is 1. The highest BCUT2D eigenvalue weighted by Crippen LogP contribution is 2.19. The van der Waals surface area contributed by atoms with Crippen LogP contribution in [0, 0.1) is 0 Å². The van der Waals surface area contributed by atoms with E-state index in [4.69, 9.17) is 5.14 Å². The number of aryl methyl sites for hydroxylation is 1. The van der Waals surface area contributed by atoms with Gasteiger partial charge in [-0.2, -0.15) is 0 Å². The van der Waals surface area contributed by atoms with E-state index in [1.807, 2.05) is 18.2 Å². The van der Waals surface area contributed by atoms with Crippen LogP contribution in [-0.2, 0) is 23.0 Å². The van der Waals surface area contributed by atoms with Crippen LogP contribution in [0.15, 0.2) is 47.5 Å². The van der Waals surface area contributed by atoms with E-state index in [9.17, 15) is 13.2 Å².